The minimum absolute atomic E-state index is 0.0308. The molecule has 2 saturated heterocycles. The van der Waals surface area contributed by atoms with E-state index in [4.69, 9.17) is 14.2 Å². The largest absolute Gasteiger partial charge is 0.376 e. The van der Waals surface area contributed by atoms with Crippen LogP contribution in [0.15, 0.2) is 18.6 Å². The molecule has 2 fully saturated rings. The zero-order valence-corrected chi connectivity index (χ0v) is 15.7. The first-order valence-electron chi connectivity index (χ1n) is 9.50. The van der Waals surface area contributed by atoms with Crippen LogP contribution in [0.2, 0.25) is 0 Å². The summed E-state index contributed by atoms with van der Waals surface area (Å²) in [6.45, 7) is 7.40. The summed E-state index contributed by atoms with van der Waals surface area (Å²) in [5.74, 6) is -0.0308. The van der Waals surface area contributed by atoms with Crippen molar-refractivity contribution in [2.24, 2.45) is 0 Å². The lowest BCUT2D eigenvalue weighted by molar-refractivity contribution is -0.156. The second kappa shape index (κ2) is 8.88. The fraction of sp³-hybridized carbons (Fsp3) is 0.737. The van der Waals surface area contributed by atoms with Gasteiger partial charge in [0, 0.05) is 32.3 Å². The highest BCUT2D eigenvalue weighted by Crippen LogP contribution is 2.36. The van der Waals surface area contributed by atoms with Gasteiger partial charge in [0.1, 0.15) is 12.0 Å². The number of hydrogen-bond acceptors (Lipinski definition) is 6. The van der Waals surface area contributed by atoms with E-state index in [0.29, 0.717) is 32.0 Å². The van der Waals surface area contributed by atoms with Crippen LogP contribution < -0.4 is 0 Å². The van der Waals surface area contributed by atoms with E-state index in [9.17, 15) is 4.79 Å². The third kappa shape index (κ3) is 4.99. The van der Waals surface area contributed by atoms with E-state index in [-0.39, 0.29) is 23.7 Å². The molecule has 0 aromatic carbocycles. The predicted octanol–water partition coefficient (Wildman–Crippen LogP) is 2.07. The number of piperidine rings is 1. The molecule has 7 nitrogen and oxygen atoms in total. The zero-order valence-electron chi connectivity index (χ0n) is 15.7. The molecule has 0 N–H and O–H groups in total. The first-order chi connectivity index (χ1) is 12.6. The van der Waals surface area contributed by atoms with Crippen molar-refractivity contribution in [1.82, 2.24) is 14.9 Å². The number of nitrogens with zero attached hydrogens (tertiary/aromatic N) is 3. The summed E-state index contributed by atoms with van der Waals surface area (Å²) in [7, 11) is 0. The molecule has 2 aliphatic heterocycles. The highest BCUT2D eigenvalue weighted by molar-refractivity contribution is 5.92. The number of ether oxygens (including phenoxy) is 3. The molecular weight excluding hydrogens is 334 g/mol. The van der Waals surface area contributed by atoms with Crippen molar-refractivity contribution in [1.29, 1.82) is 0 Å². The first kappa shape index (κ1) is 19.2. The van der Waals surface area contributed by atoms with Crippen LogP contribution in [0.4, 0.5) is 0 Å². The number of carbonyl (C=O) groups excluding carboxylic acids is 1. The van der Waals surface area contributed by atoms with Crippen LogP contribution in [0.1, 0.15) is 50.0 Å². The molecule has 1 aromatic heterocycles. The highest BCUT2D eigenvalue weighted by atomic mass is 16.5. The van der Waals surface area contributed by atoms with E-state index in [1.54, 1.807) is 12.3 Å². The Hall–Kier alpha value is -1.57. The number of amides is 1. The maximum atomic E-state index is 12.5. The van der Waals surface area contributed by atoms with E-state index < -0.39 is 0 Å². The van der Waals surface area contributed by atoms with Gasteiger partial charge >= 0.3 is 0 Å². The molecule has 1 aromatic rings. The Morgan fingerprint density at radius 1 is 1.38 bits per heavy atom. The molecular formula is C19H29N3O4. The molecule has 1 atom stereocenters. The molecule has 0 radical (unpaired) electrons. The predicted molar refractivity (Wildman–Crippen MR) is 95.9 cm³/mol. The Balaban J connectivity index is 1.47. The Bertz CT molecular complexity index is 573. The minimum atomic E-state index is -0.162. The van der Waals surface area contributed by atoms with Gasteiger partial charge in [0.25, 0.3) is 5.91 Å². The maximum Gasteiger partial charge on any atom is 0.272 e. The quantitative estimate of drug-likeness (QED) is 0.721. The zero-order chi connectivity index (χ0) is 18.4. The fourth-order valence-electron chi connectivity index (χ4n) is 3.67. The van der Waals surface area contributed by atoms with E-state index in [2.05, 4.69) is 9.97 Å². The number of hydrogen-bond donors (Lipinski definition) is 0. The van der Waals surface area contributed by atoms with Crippen molar-refractivity contribution in [2.75, 3.05) is 32.9 Å². The van der Waals surface area contributed by atoms with Crippen molar-refractivity contribution in [3.63, 3.8) is 0 Å². The van der Waals surface area contributed by atoms with Gasteiger partial charge in [-0.1, -0.05) is 0 Å². The van der Waals surface area contributed by atoms with Gasteiger partial charge in [-0.3, -0.25) is 4.79 Å². The first-order valence-corrected chi connectivity index (χ1v) is 9.50. The Morgan fingerprint density at radius 2 is 2.19 bits per heavy atom. The molecule has 144 valence electrons. The summed E-state index contributed by atoms with van der Waals surface area (Å²) in [4.78, 5) is 22.3. The second-order valence-electron chi connectivity index (χ2n) is 7.32. The van der Waals surface area contributed by atoms with Gasteiger partial charge in [-0.15, -0.1) is 0 Å². The summed E-state index contributed by atoms with van der Waals surface area (Å²) < 4.78 is 17.7. The van der Waals surface area contributed by atoms with Gasteiger partial charge in [-0.2, -0.15) is 0 Å². The monoisotopic (exact) mass is 363 g/mol. The molecule has 1 spiro atoms. The van der Waals surface area contributed by atoms with Gasteiger partial charge in [0.2, 0.25) is 0 Å². The van der Waals surface area contributed by atoms with Gasteiger partial charge in [0.15, 0.2) is 0 Å². The topological polar surface area (TPSA) is 73.8 Å². The van der Waals surface area contributed by atoms with E-state index in [1.165, 1.54) is 6.33 Å². The lowest BCUT2D eigenvalue weighted by Gasteiger charge is -2.46. The lowest BCUT2D eigenvalue weighted by Crippen LogP contribution is -2.52. The lowest BCUT2D eigenvalue weighted by atomic mass is 9.83. The summed E-state index contributed by atoms with van der Waals surface area (Å²) in [6.07, 6.45) is 6.95. The van der Waals surface area contributed by atoms with Crippen LogP contribution in [-0.4, -0.2) is 71.5 Å². The van der Waals surface area contributed by atoms with E-state index in [0.717, 1.165) is 32.3 Å². The van der Waals surface area contributed by atoms with Crippen LogP contribution in [-0.2, 0) is 14.2 Å². The van der Waals surface area contributed by atoms with E-state index in [1.807, 2.05) is 18.7 Å². The van der Waals surface area contributed by atoms with Crippen molar-refractivity contribution in [2.45, 2.75) is 57.3 Å². The summed E-state index contributed by atoms with van der Waals surface area (Å²) in [6, 6.07) is 1.66. The van der Waals surface area contributed by atoms with Gasteiger partial charge in [-0.25, -0.2) is 9.97 Å². The van der Waals surface area contributed by atoms with Crippen molar-refractivity contribution in [3.05, 3.63) is 24.3 Å². The average molecular weight is 363 g/mol. The van der Waals surface area contributed by atoms with Crippen LogP contribution in [0.5, 0.6) is 0 Å². The Morgan fingerprint density at radius 3 is 2.88 bits per heavy atom. The van der Waals surface area contributed by atoms with Crippen LogP contribution >= 0.6 is 0 Å². The molecule has 1 amide bonds. The van der Waals surface area contributed by atoms with Gasteiger partial charge < -0.3 is 19.1 Å². The normalized spacial score (nSPS) is 22.7. The number of aromatic nitrogens is 2. The third-order valence-corrected chi connectivity index (χ3v) is 5.10. The van der Waals surface area contributed by atoms with Crippen LogP contribution in [0.3, 0.4) is 0 Å². The van der Waals surface area contributed by atoms with Crippen LogP contribution in [0, 0.1) is 0 Å². The molecule has 0 aliphatic carbocycles. The molecule has 2 aliphatic rings. The molecule has 0 bridgehead atoms. The number of rotatable bonds is 6. The van der Waals surface area contributed by atoms with Crippen molar-refractivity contribution < 1.29 is 19.0 Å². The maximum absolute atomic E-state index is 12.5. The summed E-state index contributed by atoms with van der Waals surface area (Å²) in [5.41, 5.74) is 0.288. The molecule has 3 rings (SSSR count). The fourth-order valence-corrected chi connectivity index (χ4v) is 3.67. The summed E-state index contributed by atoms with van der Waals surface area (Å²) in [5, 5.41) is 0. The van der Waals surface area contributed by atoms with Crippen molar-refractivity contribution >= 4 is 5.91 Å². The Labute approximate surface area is 155 Å². The standard InChI is InChI=1S/C19H29N3O4/c1-15(2)24-11-12-25-16-4-10-26-19(13-16)5-8-22(9-6-19)18(23)17-3-7-20-14-21-17/h3,7,14-16H,4-6,8-13H2,1-2H3. The van der Waals surface area contributed by atoms with Crippen LogP contribution in [0.25, 0.3) is 0 Å². The molecule has 26 heavy (non-hydrogen) atoms. The Kier molecular flexibility index (Phi) is 6.56. The average Bonchev–Trinajstić information content (AvgIpc) is 2.66. The number of carbonyl (C=O) groups is 1. The molecule has 3 heterocycles. The SMILES string of the molecule is CC(C)OCCOC1CCOC2(CCN(C(=O)c3ccncn3)CC2)C1. The molecule has 1 unspecified atom stereocenters. The molecule has 7 heteroatoms. The van der Waals surface area contributed by atoms with E-state index >= 15 is 0 Å². The number of likely N-dealkylation sites (tertiary alicyclic amines) is 1. The summed E-state index contributed by atoms with van der Waals surface area (Å²) >= 11 is 0. The van der Waals surface area contributed by atoms with Crippen molar-refractivity contribution in [3.8, 4) is 0 Å². The van der Waals surface area contributed by atoms with Gasteiger partial charge in [0.05, 0.1) is 31.0 Å². The molecule has 0 saturated carbocycles. The van der Waals surface area contributed by atoms with Gasteiger partial charge in [-0.05, 0) is 39.2 Å². The second-order valence-corrected chi connectivity index (χ2v) is 7.32. The smallest absolute Gasteiger partial charge is 0.272 e. The minimum Gasteiger partial charge on any atom is -0.376 e. The highest BCUT2D eigenvalue weighted by Gasteiger charge is 2.41. The third-order valence-electron chi connectivity index (χ3n) is 5.10.